The highest BCUT2D eigenvalue weighted by atomic mass is 16.7. The van der Waals surface area contributed by atoms with Crippen LogP contribution in [0.15, 0.2) is 71.8 Å². The predicted octanol–water partition coefficient (Wildman–Crippen LogP) is 2.80. The van der Waals surface area contributed by atoms with Crippen LogP contribution >= 0.6 is 0 Å². The Balaban J connectivity index is 1.39. The van der Waals surface area contributed by atoms with Gasteiger partial charge in [0, 0.05) is 29.7 Å². The quantitative estimate of drug-likeness (QED) is 0.207. The molecular weight excluding hydrogens is 674 g/mol. The van der Waals surface area contributed by atoms with Gasteiger partial charge in [0.2, 0.25) is 0 Å². The van der Waals surface area contributed by atoms with Crippen molar-refractivity contribution in [1.29, 1.82) is 0 Å². The fourth-order valence-corrected chi connectivity index (χ4v) is 9.60. The molecule has 52 heavy (non-hydrogen) atoms. The summed E-state index contributed by atoms with van der Waals surface area (Å²) in [6.45, 7) is 8.00. The number of hydrogen-bond acceptors (Lipinski definition) is 12. The highest BCUT2D eigenvalue weighted by Crippen LogP contribution is 2.65. The number of nitrogens with one attached hydrogen (secondary N) is 1. The molecule has 1 heterocycles. The SMILES string of the molecule is COC(=O)OC12COC1CC(O)C1(C)C(=O)C(O)C3=C(C)C(OC(=O)C(O)C(NC(=O)c4ccccc4)c4ccccc4)CC(O)(C(C)C21)C3(C)C. The van der Waals surface area contributed by atoms with Gasteiger partial charge in [-0.3, -0.25) is 9.59 Å². The zero-order chi connectivity index (χ0) is 38.0. The number of hydrogen-bond donors (Lipinski definition) is 5. The maximum absolute atomic E-state index is 14.6. The van der Waals surface area contributed by atoms with Crippen molar-refractivity contribution in [3.05, 3.63) is 82.9 Å². The largest absolute Gasteiger partial charge is 0.508 e. The van der Waals surface area contributed by atoms with Crippen LogP contribution in [0.25, 0.3) is 0 Å². The molecule has 3 fully saturated rings. The van der Waals surface area contributed by atoms with Gasteiger partial charge in [-0.25, -0.2) is 9.59 Å². The Morgan fingerprint density at radius 1 is 1.00 bits per heavy atom. The number of aliphatic hydroxyl groups excluding tert-OH is 3. The summed E-state index contributed by atoms with van der Waals surface area (Å²) in [5, 5.41) is 50.8. The average Bonchev–Trinajstić information content (AvgIpc) is 3.12. The molecule has 2 saturated carbocycles. The molecule has 5 N–H and O–H groups in total. The van der Waals surface area contributed by atoms with Gasteiger partial charge < -0.3 is 44.7 Å². The molecular formula is C39H47NO12. The van der Waals surface area contributed by atoms with Gasteiger partial charge in [0.25, 0.3) is 5.91 Å². The van der Waals surface area contributed by atoms with Crippen LogP contribution in [0.2, 0.25) is 0 Å². The number of amides is 1. The molecule has 1 aliphatic heterocycles. The van der Waals surface area contributed by atoms with E-state index >= 15 is 0 Å². The van der Waals surface area contributed by atoms with E-state index in [9.17, 15) is 39.6 Å². The Bertz CT molecular complexity index is 1760. The van der Waals surface area contributed by atoms with E-state index in [1.807, 2.05) is 0 Å². The number of benzene rings is 2. The second kappa shape index (κ2) is 13.4. The van der Waals surface area contributed by atoms with Gasteiger partial charge >= 0.3 is 12.1 Å². The predicted molar refractivity (Wildman–Crippen MR) is 183 cm³/mol. The molecule has 0 spiro atoms. The molecule has 2 aromatic rings. The van der Waals surface area contributed by atoms with Gasteiger partial charge in [0.1, 0.15) is 18.3 Å². The second-order valence-electron chi connectivity index (χ2n) is 15.3. The Kier molecular flexibility index (Phi) is 9.67. The highest BCUT2D eigenvalue weighted by Gasteiger charge is 2.76. The van der Waals surface area contributed by atoms with Gasteiger partial charge in [-0.05, 0) is 48.6 Å². The number of rotatable bonds is 7. The van der Waals surface area contributed by atoms with E-state index in [0.717, 1.165) is 7.11 Å². The van der Waals surface area contributed by atoms with Crippen LogP contribution in [0.3, 0.4) is 0 Å². The van der Waals surface area contributed by atoms with Crippen molar-refractivity contribution < 1.29 is 58.6 Å². The first-order valence-electron chi connectivity index (χ1n) is 17.5. The molecule has 1 amide bonds. The highest BCUT2D eigenvalue weighted by molar-refractivity contribution is 5.95. The molecule has 11 unspecified atom stereocenters. The van der Waals surface area contributed by atoms with Crippen molar-refractivity contribution in [3.63, 3.8) is 0 Å². The zero-order valence-corrected chi connectivity index (χ0v) is 30.1. The molecule has 0 radical (unpaired) electrons. The fourth-order valence-electron chi connectivity index (χ4n) is 9.60. The number of ketones is 1. The van der Waals surface area contributed by atoms with Crippen LogP contribution in [0.4, 0.5) is 4.79 Å². The minimum atomic E-state index is -1.91. The molecule has 2 bridgehead atoms. The monoisotopic (exact) mass is 721 g/mol. The summed E-state index contributed by atoms with van der Waals surface area (Å²) in [5.41, 5.74) is -5.26. The molecule has 4 aliphatic rings. The maximum Gasteiger partial charge on any atom is 0.508 e. The average molecular weight is 722 g/mol. The fraction of sp³-hybridized carbons (Fsp3) is 0.538. The Morgan fingerprint density at radius 3 is 2.19 bits per heavy atom. The first-order valence-corrected chi connectivity index (χ1v) is 17.5. The van der Waals surface area contributed by atoms with Crippen LogP contribution in [0.1, 0.15) is 69.4 Å². The molecule has 280 valence electrons. The summed E-state index contributed by atoms with van der Waals surface area (Å²) < 4.78 is 22.4. The third-order valence-electron chi connectivity index (χ3n) is 12.6. The minimum Gasteiger partial charge on any atom is -0.456 e. The van der Waals surface area contributed by atoms with Crippen LogP contribution in [0, 0.1) is 22.7 Å². The number of methoxy groups -OCH3 is 1. The third kappa shape index (κ3) is 5.56. The number of aliphatic hydroxyl groups is 4. The second-order valence-corrected chi connectivity index (χ2v) is 15.3. The molecule has 0 aromatic heterocycles. The normalized spacial score (nSPS) is 36.0. The summed E-state index contributed by atoms with van der Waals surface area (Å²) in [6.07, 6.45) is -8.54. The van der Waals surface area contributed by atoms with E-state index in [2.05, 4.69) is 5.32 Å². The van der Waals surface area contributed by atoms with Crippen molar-refractivity contribution in [2.24, 2.45) is 22.7 Å². The zero-order valence-electron chi connectivity index (χ0n) is 30.1. The van der Waals surface area contributed by atoms with Crippen LogP contribution < -0.4 is 5.32 Å². The topological polar surface area (TPSA) is 198 Å². The van der Waals surface area contributed by atoms with E-state index in [0.29, 0.717) is 16.7 Å². The van der Waals surface area contributed by atoms with Crippen molar-refractivity contribution >= 4 is 23.8 Å². The summed E-state index contributed by atoms with van der Waals surface area (Å²) in [4.78, 5) is 54.4. The van der Waals surface area contributed by atoms with Gasteiger partial charge in [-0.15, -0.1) is 0 Å². The number of ether oxygens (including phenoxy) is 4. The molecule has 6 rings (SSSR count). The van der Waals surface area contributed by atoms with Crippen molar-refractivity contribution in [2.45, 2.75) is 95.2 Å². The number of Topliss-reactive ketones (excluding diaryl/α,β-unsaturated/α-hetero) is 1. The van der Waals surface area contributed by atoms with Crippen molar-refractivity contribution in [3.8, 4) is 0 Å². The van der Waals surface area contributed by atoms with Gasteiger partial charge in [0.05, 0.1) is 36.9 Å². The standard InChI is InChI=1S/C39H47NO12/c1-20-24(51-34(46)30(43)28(22-13-9-7-10-14-22)40-33(45)23-15-11-8-12-16-23)18-39(48)21(2)31-37(5,32(44)29(42)27(20)36(39,3)4)25(41)17-26-38(31,19-50-26)52-35(47)49-6/h7-16,21,24-26,28-31,41-43,48H,17-19H2,1-6H3,(H,40,45). The molecule has 11 atom stereocenters. The van der Waals surface area contributed by atoms with Crippen LogP contribution in [-0.4, -0.2) is 99.7 Å². The van der Waals surface area contributed by atoms with E-state index < -0.39 is 94.2 Å². The van der Waals surface area contributed by atoms with E-state index in [-0.39, 0.29) is 25.0 Å². The first-order chi connectivity index (χ1) is 24.5. The third-order valence-corrected chi connectivity index (χ3v) is 12.6. The van der Waals surface area contributed by atoms with Gasteiger partial charge in [-0.1, -0.05) is 69.3 Å². The molecule has 13 nitrogen and oxygen atoms in total. The number of carbonyl (C=O) groups excluding carboxylic acids is 4. The number of esters is 1. The van der Waals surface area contributed by atoms with Crippen LogP contribution in [-0.2, 0) is 28.5 Å². The smallest absolute Gasteiger partial charge is 0.456 e. The lowest BCUT2D eigenvalue weighted by Gasteiger charge is -2.67. The van der Waals surface area contributed by atoms with Crippen molar-refractivity contribution in [2.75, 3.05) is 13.7 Å². The van der Waals surface area contributed by atoms with Crippen LogP contribution in [0.5, 0.6) is 0 Å². The Hall–Kier alpha value is -4.14. The van der Waals surface area contributed by atoms with E-state index in [1.54, 1.807) is 88.4 Å². The summed E-state index contributed by atoms with van der Waals surface area (Å²) >= 11 is 0. The molecule has 2 aromatic carbocycles. The van der Waals surface area contributed by atoms with Gasteiger partial charge in [-0.2, -0.15) is 0 Å². The lowest BCUT2D eigenvalue weighted by Crippen LogP contribution is -2.79. The Labute approximate surface area is 301 Å². The molecule has 1 saturated heterocycles. The minimum absolute atomic E-state index is 0.0729. The van der Waals surface area contributed by atoms with E-state index in [4.69, 9.17) is 18.9 Å². The lowest BCUT2D eigenvalue weighted by atomic mass is 9.42. The van der Waals surface area contributed by atoms with E-state index in [1.165, 1.54) is 6.92 Å². The number of fused-ring (bicyclic) bond motifs is 5. The van der Waals surface area contributed by atoms with Crippen molar-refractivity contribution in [1.82, 2.24) is 5.32 Å². The molecule has 13 heteroatoms. The number of carbonyl (C=O) groups is 4. The summed E-state index contributed by atoms with van der Waals surface area (Å²) in [6, 6.07) is 15.5. The lowest BCUT2D eigenvalue weighted by molar-refractivity contribution is -0.336. The molecule has 3 aliphatic carbocycles. The first kappa shape index (κ1) is 37.6. The Morgan fingerprint density at radius 2 is 1.62 bits per heavy atom. The summed E-state index contributed by atoms with van der Waals surface area (Å²) in [7, 11) is 1.14. The maximum atomic E-state index is 14.6. The van der Waals surface area contributed by atoms with Gasteiger partial charge in [0.15, 0.2) is 17.5 Å². The summed E-state index contributed by atoms with van der Waals surface area (Å²) in [5.74, 6) is -4.45.